The van der Waals surface area contributed by atoms with Gasteiger partial charge in [0.25, 0.3) is 0 Å². The third kappa shape index (κ3) is 3.87. The number of rotatable bonds is 3. The SMILES string of the molecule is c1ccc(N(c2ccc3c(c2)-c2ccccc2C32c3ccccc3C3(c4ccccc4-c4ccccc43)c3ccccc32)c2ccc3ccccc3c2)cc1. The lowest BCUT2D eigenvalue weighted by atomic mass is 9.52. The second-order valence-corrected chi connectivity index (χ2v) is 15.2. The van der Waals surface area contributed by atoms with Crippen LogP contribution in [-0.4, -0.2) is 0 Å². The molecule has 0 heterocycles. The molecule has 0 radical (unpaired) electrons. The van der Waals surface area contributed by atoms with Gasteiger partial charge in [0, 0.05) is 17.1 Å². The summed E-state index contributed by atoms with van der Waals surface area (Å²) in [5.41, 5.74) is 18.5. The van der Waals surface area contributed by atoms with E-state index in [4.69, 9.17) is 0 Å². The van der Waals surface area contributed by atoms with Crippen molar-refractivity contribution in [2.75, 3.05) is 4.90 Å². The fraction of sp³-hybridized carbons (Fsp3) is 0.0370. The van der Waals surface area contributed by atoms with Crippen LogP contribution >= 0.6 is 0 Å². The van der Waals surface area contributed by atoms with E-state index in [1.54, 1.807) is 0 Å². The Morgan fingerprint density at radius 1 is 0.236 bits per heavy atom. The van der Waals surface area contributed by atoms with E-state index in [1.807, 2.05) is 0 Å². The molecule has 9 aromatic carbocycles. The maximum atomic E-state index is 2.45. The van der Waals surface area contributed by atoms with E-state index in [9.17, 15) is 0 Å². The van der Waals surface area contributed by atoms with Crippen molar-refractivity contribution in [2.45, 2.75) is 10.8 Å². The van der Waals surface area contributed by atoms with Gasteiger partial charge in [-0.05, 0) is 114 Å². The van der Waals surface area contributed by atoms with Crippen LogP contribution in [0.3, 0.4) is 0 Å². The van der Waals surface area contributed by atoms with Crippen LogP contribution < -0.4 is 4.90 Å². The molecule has 0 atom stereocenters. The van der Waals surface area contributed by atoms with Crippen LogP contribution in [0.4, 0.5) is 17.1 Å². The maximum Gasteiger partial charge on any atom is 0.0720 e. The van der Waals surface area contributed by atoms with Crippen molar-refractivity contribution >= 4 is 27.8 Å². The van der Waals surface area contributed by atoms with E-state index in [1.165, 1.54) is 77.5 Å². The van der Waals surface area contributed by atoms with Gasteiger partial charge in [0.05, 0.1) is 10.8 Å². The van der Waals surface area contributed by atoms with E-state index < -0.39 is 10.8 Å². The van der Waals surface area contributed by atoms with Gasteiger partial charge in [0.1, 0.15) is 0 Å². The molecule has 3 aliphatic carbocycles. The number of benzene rings is 9. The predicted octanol–water partition coefficient (Wildman–Crippen LogP) is 13.3. The Morgan fingerprint density at radius 2 is 0.618 bits per heavy atom. The Bertz CT molecular complexity index is 2910. The summed E-state index contributed by atoms with van der Waals surface area (Å²) in [5, 5.41) is 2.47. The Labute approximate surface area is 321 Å². The first kappa shape index (κ1) is 30.5. The summed E-state index contributed by atoms with van der Waals surface area (Å²) < 4.78 is 0. The molecule has 0 aliphatic heterocycles. The van der Waals surface area contributed by atoms with Crippen molar-refractivity contribution < 1.29 is 0 Å². The summed E-state index contributed by atoms with van der Waals surface area (Å²) in [6.07, 6.45) is 0. The largest absolute Gasteiger partial charge is 0.310 e. The Balaban J connectivity index is 1.15. The van der Waals surface area contributed by atoms with Crippen LogP contribution in [0.1, 0.15) is 44.5 Å². The van der Waals surface area contributed by atoms with Crippen molar-refractivity contribution in [2.24, 2.45) is 0 Å². The van der Waals surface area contributed by atoms with E-state index in [2.05, 4.69) is 217 Å². The second kappa shape index (κ2) is 11.3. The standard InChI is InChI=1S/C54H35N/c1-2-18-38(19-3-1)55(39-31-30-36-16-4-5-17-37(36)34-39)40-32-33-48-44(35-40)43-22-8-11-25-47(43)54(48)51-28-14-12-26-49(51)53(50-27-13-15-29-52(50)54)45-23-9-6-20-41(45)42-21-7-10-24-46(42)53/h1-35H. The zero-order valence-corrected chi connectivity index (χ0v) is 30.2. The van der Waals surface area contributed by atoms with E-state index in [0.29, 0.717) is 0 Å². The Morgan fingerprint density at radius 3 is 1.16 bits per heavy atom. The highest BCUT2D eigenvalue weighted by Gasteiger charge is 2.58. The molecule has 12 rings (SSSR count). The molecule has 1 heteroatoms. The zero-order chi connectivity index (χ0) is 36.1. The lowest BCUT2D eigenvalue weighted by molar-refractivity contribution is 0.633. The zero-order valence-electron chi connectivity index (χ0n) is 30.2. The van der Waals surface area contributed by atoms with E-state index >= 15 is 0 Å². The van der Waals surface area contributed by atoms with Gasteiger partial charge in [-0.1, -0.05) is 176 Å². The van der Waals surface area contributed by atoms with Gasteiger partial charge < -0.3 is 4.90 Å². The van der Waals surface area contributed by atoms with Gasteiger partial charge in [0.2, 0.25) is 0 Å². The normalized spacial score (nSPS) is 14.5. The van der Waals surface area contributed by atoms with Crippen molar-refractivity contribution in [3.8, 4) is 22.3 Å². The van der Waals surface area contributed by atoms with Gasteiger partial charge in [-0.15, -0.1) is 0 Å². The lowest BCUT2D eigenvalue weighted by Crippen LogP contribution is -2.43. The fourth-order valence-electron chi connectivity index (χ4n) is 10.7. The molecule has 0 aromatic heterocycles. The summed E-state index contributed by atoms with van der Waals surface area (Å²) in [6, 6.07) is 79.4. The van der Waals surface area contributed by atoms with Gasteiger partial charge in [-0.3, -0.25) is 0 Å². The summed E-state index contributed by atoms with van der Waals surface area (Å²) in [7, 11) is 0. The molecule has 0 bridgehead atoms. The van der Waals surface area contributed by atoms with Gasteiger partial charge in [-0.2, -0.15) is 0 Å². The third-order valence-corrected chi connectivity index (χ3v) is 12.7. The first-order chi connectivity index (χ1) is 27.3. The van der Waals surface area contributed by atoms with Crippen molar-refractivity contribution in [3.05, 3.63) is 257 Å². The molecule has 2 spiro atoms. The van der Waals surface area contributed by atoms with E-state index in [-0.39, 0.29) is 0 Å². The minimum atomic E-state index is -0.504. The highest BCUT2D eigenvalue weighted by atomic mass is 15.1. The molecule has 0 saturated heterocycles. The summed E-state index contributed by atoms with van der Waals surface area (Å²) >= 11 is 0. The molecule has 0 fully saturated rings. The van der Waals surface area contributed by atoms with Crippen LogP contribution in [0.5, 0.6) is 0 Å². The number of para-hydroxylation sites is 1. The molecule has 0 N–H and O–H groups in total. The number of anilines is 3. The van der Waals surface area contributed by atoms with Gasteiger partial charge in [0.15, 0.2) is 0 Å². The molecule has 1 nitrogen and oxygen atoms in total. The highest BCUT2D eigenvalue weighted by molar-refractivity contribution is 5.96. The molecular formula is C54H35N. The minimum absolute atomic E-state index is 0.441. The summed E-state index contributed by atoms with van der Waals surface area (Å²) in [4.78, 5) is 2.41. The molecule has 0 amide bonds. The number of hydrogen-bond acceptors (Lipinski definition) is 1. The Hall–Kier alpha value is -6.96. The molecule has 256 valence electrons. The smallest absolute Gasteiger partial charge is 0.0720 e. The van der Waals surface area contributed by atoms with Crippen molar-refractivity contribution in [3.63, 3.8) is 0 Å². The number of hydrogen-bond donors (Lipinski definition) is 0. The van der Waals surface area contributed by atoms with Crippen molar-refractivity contribution in [1.29, 1.82) is 0 Å². The molecule has 0 unspecified atom stereocenters. The van der Waals surface area contributed by atoms with Crippen molar-refractivity contribution in [1.82, 2.24) is 0 Å². The molecule has 0 saturated carbocycles. The van der Waals surface area contributed by atoms with Crippen LogP contribution in [0.15, 0.2) is 212 Å². The highest BCUT2D eigenvalue weighted by Crippen LogP contribution is 2.67. The van der Waals surface area contributed by atoms with E-state index in [0.717, 1.165) is 17.1 Å². The average molecular weight is 698 g/mol. The molecule has 55 heavy (non-hydrogen) atoms. The van der Waals surface area contributed by atoms with Gasteiger partial charge in [-0.25, -0.2) is 0 Å². The summed E-state index contributed by atoms with van der Waals surface area (Å²) in [5.74, 6) is 0. The number of fused-ring (bicyclic) bond motifs is 17. The summed E-state index contributed by atoms with van der Waals surface area (Å²) in [6.45, 7) is 0. The Kier molecular flexibility index (Phi) is 6.25. The lowest BCUT2D eigenvalue weighted by Gasteiger charge is -2.48. The first-order valence-electron chi connectivity index (χ1n) is 19.3. The quantitative estimate of drug-likeness (QED) is 0.178. The minimum Gasteiger partial charge on any atom is -0.310 e. The first-order valence-corrected chi connectivity index (χ1v) is 19.3. The van der Waals surface area contributed by atoms with Crippen LogP contribution in [-0.2, 0) is 10.8 Å². The second-order valence-electron chi connectivity index (χ2n) is 15.2. The third-order valence-electron chi connectivity index (χ3n) is 12.7. The monoisotopic (exact) mass is 697 g/mol. The van der Waals surface area contributed by atoms with Crippen LogP contribution in [0.2, 0.25) is 0 Å². The molecule has 3 aliphatic rings. The van der Waals surface area contributed by atoms with Crippen LogP contribution in [0, 0.1) is 0 Å². The number of nitrogens with zero attached hydrogens (tertiary/aromatic N) is 1. The topological polar surface area (TPSA) is 3.24 Å². The molecular weight excluding hydrogens is 663 g/mol. The maximum absolute atomic E-state index is 2.45. The molecule has 9 aromatic rings. The van der Waals surface area contributed by atoms with Crippen LogP contribution in [0.25, 0.3) is 33.0 Å². The predicted molar refractivity (Wildman–Crippen MR) is 227 cm³/mol. The van der Waals surface area contributed by atoms with Gasteiger partial charge >= 0.3 is 0 Å². The fourth-order valence-corrected chi connectivity index (χ4v) is 10.7. The average Bonchev–Trinajstić information content (AvgIpc) is 3.72.